The lowest BCUT2D eigenvalue weighted by atomic mass is 9.91. The van der Waals surface area contributed by atoms with Crippen LogP contribution in [-0.2, 0) is 0 Å². The van der Waals surface area contributed by atoms with Crippen LogP contribution in [-0.4, -0.2) is 22.4 Å². The molecular formula is C17H23N3. The number of hydrogen-bond donors (Lipinski definition) is 1. The molecule has 106 valence electrons. The predicted molar refractivity (Wildman–Crippen MR) is 82.6 cm³/mol. The SMILES string of the molecule is CCNC1CCCC(n2cc(-c3ccccc3)cn2)C1. The first-order valence-corrected chi connectivity index (χ1v) is 7.69. The Bertz CT molecular complexity index is 530. The van der Waals surface area contributed by atoms with Crippen molar-refractivity contribution in [2.45, 2.75) is 44.7 Å². The molecule has 1 aromatic carbocycles. The van der Waals surface area contributed by atoms with Crippen LogP contribution in [0.2, 0.25) is 0 Å². The Morgan fingerprint density at radius 3 is 2.85 bits per heavy atom. The maximum Gasteiger partial charge on any atom is 0.0568 e. The standard InChI is InChI=1S/C17H23N3/c1-2-18-16-9-6-10-17(11-16)20-13-15(12-19-20)14-7-4-3-5-8-14/h3-5,7-8,12-13,16-18H,2,6,9-11H2,1H3. The molecule has 1 aromatic heterocycles. The molecule has 2 aromatic rings. The summed E-state index contributed by atoms with van der Waals surface area (Å²) >= 11 is 0. The van der Waals surface area contributed by atoms with Crippen molar-refractivity contribution in [3.63, 3.8) is 0 Å². The summed E-state index contributed by atoms with van der Waals surface area (Å²) < 4.78 is 2.17. The van der Waals surface area contributed by atoms with Crippen LogP contribution in [0.3, 0.4) is 0 Å². The van der Waals surface area contributed by atoms with E-state index in [1.165, 1.54) is 36.8 Å². The molecule has 0 saturated heterocycles. The highest BCUT2D eigenvalue weighted by atomic mass is 15.3. The largest absolute Gasteiger partial charge is 0.314 e. The minimum atomic E-state index is 0.547. The van der Waals surface area contributed by atoms with Gasteiger partial charge in [-0.05, 0) is 37.8 Å². The van der Waals surface area contributed by atoms with E-state index < -0.39 is 0 Å². The van der Waals surface area contributed by atoms with Crippen molar-refractivity contribution < 1.29 is 0 Å². The zero-order valence-corrected chi connectivity index (χ0v) is 12.1. The van der Waals surface area contributed by atoms with E-state index in [0.717, 1.165) is 6.54 Å². The number of hydrogen-bond acceptors (Lipinski definition) is 2. The molecule has 1 heterocycles. The first kappa shape index (κ1) is 13.4. The quantitative estimate of drug-likeness (QED) is 0.918. The zero-order valence-electron chi connectivity index (χ0n) is 12.1. The van der Waals surface area contributed by atoms with Crippen LogP contribution in [0.4, 0.5) is 0 Å². The minimum Gasteiger partial charge on any atom is -0.314 e. The molecule has 1 aliphatic rings. The average molecular weight is 269 g/mol. The third-order valence-corrected chi connectivity index (χ3v) is 4.22. The normalized spacial score (nSPS) is 22.9. The van der Waals surface area contributed by atoms with Gasteiger partial charge in [-0.3, -0.25) is 4.68 Å². The summed E-state index contributed by atoms with van der Waals surface area (Å²) in [5.41, 5.74) is 2.47. The molecule has 2 unspecified atom stereocenters. The molecule has 0 aliphatic heterocycles. The summed E-state index contributed by atoms with van der Waals surface area (Å²) in [6, 6.07) is 11.7. The highest BCUT2D eigenvalue weighted by Crippen LogP contribution is 2.29. The molecular weight excluding hydrogens is 246 g/mol. The summed E-state index contributed by atoms with van der Waals surface area (Å²) in [5.74, 6) is 0. The molecule has 20 heavy (non-hydrogen) atoms. The number of nitrogens with one attached hydrogen (secondary N) is 1. The predicted octanol–water partition coefficient (Wildman–Crippen LogP) is 3.64. The molecule has 0 bridgehead atoms. The second-order valence-electron chi connectivity index (χ2n) is 5.65. The van der Waals surface area contributed by atoms with Crippen LogP contribution in [0.1, 0.15) is 38.6 Å². The summed E-state index contributed by atoms with van der Waals surface area (Å²) in [4.78, 5) is 0. The van der Waals surface area contributed by atoms with Crippen molar-refractivity contribution in [3.05, 3.63) is 42.7 Å². The second kappa shape index (κ2) is 6.23. The van der Waals surface area contributed by atoms with Gasteiger partial charge in [-0.1, -0.05) is 37.3 Å². The molecule has 2 atom stereocenters. The fourth-order valence-corrected chi connectivity index (χ4v) is 3.20. The maximum atomic E-state index is 4.60. The van der Waals surface area contributed by atoms with E-state index in [2.05, 4.69) is 58.5 Å². The number of rotatable bonds is 4. The lowest BCUT2D eigenvalue weighted by molar-refractivity contribution is 0.272. The Labute approximate surface area is 121 Å². The van der Waals surface area contributed by atoms with Gasteiger partial charge in [-0.15, -0.1) is 0 Å². The Kier molecular flexibility index (Phi) is 4.16. The van der Waals surface area contributed by atoms with E-state index in [9.17, 15) is 0 Å². The Hall–Kier alpha value is -1.61. The van der Waals surface area contributed by atoms with Gasteiger partial charge in [-0.2, -0.15) is 5.10 Å². The molecule has 1 fully saturated rings. The van der Waals surface area contributed by atoms with Crippen molar-refractivity contribution in [1.82, 2.24) is 15.1 Å². The second-order valence-corrected chi connectivity index (χ2v) is 5.65. The summed E-state index contributed by atoms with van der Waals surface area (Å²) in [6.07, 6.45) is 9.24. The van der Waals surface area contributed by atoms with Gasteiger partial charge in [0.15, 0.2) is 0 Å². The van der Waals surface area contributed by atoms with Crippen LogP contribution in [0.5, 0.6) is 0 Å². The monoisotopic (exact) mass is 269 g/mol. The van der Waals surface area contributed by atoms with Crippen molar-refractivity contribution in [2.75, 3.05) is 6.54 Å². The summed E-state index contributed by atoms with van der Waals surface area (Å²) in [6.45, 7) is 3.25. The number of benzene rings is 1. The minimum absolute atomic E-state index is 0.547. The van der Waals surface area contributed by atoms with E-state index in [0.29, 0.717) is 12.1 Å². The number of aromatic nitrogens is 2. The van der Waals surface area contributed by atoms with E-state index >= 15 is 0 Å². The fourth-order valence-electron chi connectivity index (χ4n) is 3.20. The van der Waals surface area contributed by atoms with Gasteiger partial charge in [0.1, 0.15) is 0 Å². The van der Waals surface area contributed by atoms with Gasteiger partial charge in [-0.25, -0.2) is 0 Å². The molecule has 3 nitrogen and oxygen atoms in total. The Morgan fingerprint density at radius 1 is 1.20 bits per heavy atom. The van der Waals surface area contributed by atoms with Crippen LogP contribution in [0.15, 0.2) is 42.7 Å². The summed E-state index contributed by atoms with van der Waals surface area (Å²) in [7, 11) is 0. The van der Waals surface area contributed by atoms with Crippen molar-refractivity contribution >= 4 is 0 Å². The van der Waals surface area contributed by atoms with E-state index in [1.54, 1.807) is 0 Å². The first-order valence-electron chi connectivity index (χ1n) is 7.69. The van der Waals surface area contributed by atoms with Gasteiger partial charge in [0.25, 0.3) is 0 Å². The van der Waals surface area contributed by atoms with Gasteiger partial charge in [0.05, 0.1) is 12.2 Å². The molecule has 0 spiro atoms. The van der Waals surface area contributed by atoms with E-state index in [4.69, 9.17) is 0 Å². The fraction of sp³-hybridized carbons (Fsp3) is 0.471. The van der Waals surface area contributed by atoms with Crippen molar-refractivity contribution in [2.24, 2.45) is 0 Å². The topological polar surface area (TPSA) is 29.9 Å². The van der Waals surface area contributed by atoms with Crippen LogP contribution >= 0.6 is 0 Å². The summed E-state index contributed by atoms with van der Waals surface area (Å²) in [5, 5.41) is 8.18. The van der Waals surface area contributed by atoms with Gasteiger partial charge < -0.3 is 5.32 Å². The van der Waals surface area contributed by atoms with Crippen LogP contribution in [0.25, 0.3) is 11.1 Å². The van der Waals surface area contributed by atoms with Gasteiger partial charge >= 0.3 is 0 Å². The Balaban J connectivity index is 1.73. The van der Waals surface area contributed by atoms with Crippen LogP contribution < -0.4 is 5.32 Å². The van der Waals surface area contributed by atoms with Gasteiger partial charge in [0, 0.05) is 17.8 Å². The van der Waals surface area contributed by atoms with Crippen LogP contribution in [0, 0.1) is 0 Å². The van der Waals surface area contributed by atoms with E-state index in [1.807, 2.05) is 6.20 Å². The first-order chi connectivity index (χ1) is 9.86. The molecule has 3 rings (SSSR count). The van der Waals surface area contributed by atoms with E-state index in [-0.39, 0.29) is 0 Å². The Morgan fingerprint density at radius 2 is 2.05 bits per heavy atom. The highest BCUT2D eigenvalue weighted by molar-refractivity contribution is 5.61. The maximum absolute atomic E-state index is 4.60. The zero-order chi connectivity index (χ0) is 13.8. The molecule has 1 saturated carbocycles. The third kappa shape index (κ3) is 2.93. The molecule has 3 heteroatoms. The molecule has 0 amide bonds. The third-order valence-electron chi connectivity index (χ3n) is 4.22. The molecule has 1 N–H and O–H groups in total. The number of nitrogens with zero attached hydrogens (tertiary/aromatic N) is 2. The molecule has 0 radical (unpaired) electrons. The lowest BCUT2D eigenvalue weighted by Gasteiger charge is -2.29. The highest BCUT2D eigenvalue weighted by Gasteiger charge is 2.23. The van der Waals surface area contributed by atoms with Crippen molar-refractivity contribution in [3.8, 4) is 11.1 Å². The molecule has 1 aliphatic carbocycles. The average Bonchev–Trinajstić information content (AvgIpc) is 2.99. The van der Waals surface area contributed by atoms with Gasteiger partial charge in [0.2, 0.25) is 0 Å². The lowest BCUT2D eigenvalue weighted by Crippen LogP contribution is -2.34. The van der Waals surface area contributed by atoms with Crippen molar-refractivity contribution in [1.29, 1.82) is 0 Å². The smallest absolute Gasteiger partial charge is 0.0568 e.